The van der Waals surface area contributed by atoms with Gasteiger partial charge in [-0.1, -0.05) is 31.2 Å². The second-order valence-corrected chi connectivity index (χ2v) is 6.27. The zero-order valence-corrected chi connectivity index (χ0v) is 13.7. The molecule has 1 aromatic rings. The number of hydrogen-bond donors (Lipinski definition) is 1. The van der Waals surface area contributed by atoms with Gasteiger partial charge in [-0.2, -0.15) is 0 Å². The number of nitrogens with zero attached hydrogens (tertiary/aromatic N) is 1. The van der Waals surface area contributed by atoms with Crippen LogP contribution in [0.3, 0.4) is 0 Å². The Hall–Kier alpha value is -0.900. The number of hydrogen-bond acceptors (Lipinski definition) is 3. The Morgan fingerprint density at radius 1 is 1.29 bits per heavy atom. The molecular formula is C18H30N2O. The minimum atomic E-state index is 0.0777. The first kappa shape index (κ1) is 16.5. The Bertz CT molecular complexity index is 414. The van der Waals surface area contributed by atoms with Crippen LogP contribution in [0.25, 0.3) is 0 Å². The Balaban J connectivity index is 1.96. The topological polar surface area (TPSA) is 38.5 Å². The fraction of sp³-hybridized carbons (Fsp3) is 0.667. The molecule has 1 aliphatic carbocycles. The van der Waals surface area contributed by atoms with Gasteiger partial charge in [0.05, 0.1) is 6.61 Å². The van der Waals surface area contributed by atoms with Gasteiger partial charge in [-0.3, -0.25) is 4.90 Å². The Labute approximate surface area is 129 Å². The van der Waals surface area contributed by atoms with E-state index < -0.39 is 0 Å². The molecule has 3 nitrogen and oxygen atoms in total. The number of rotatable bonds is 9. The van der Waals surface area contributed by atoms with E-state index in [1.165, 1.54) is 24.0 Å². The molecule has 0 amide bonds. The first-order valence-electron chi connectivity index (χ1n) is 8.23. The lowest BCUT2D eigenvalue weighted by Crippen LogP contribution is -2.41. The van der Waals surface area contributed by atoms with Crippen LogP contribution in [0.2, 0.25) is 0 Å². The molecule has 0 aromatic heterocycles. The van der Waals surface area contributed by atoms with Gasteiger partial charge in [0.2, 0.25) is 0 Å². The van der Waals surface area contributed by atoms with E-state index in [-0.39, 0.29) is 6.04 Å². The van der Waals surface area contributed by atoms with Crippen molar-refractivity contribution in [2.24, 2.45) is 11.7 Å². The molecule has 1 fully saturated rings. The first-order valence-corrected chi connectivity index (χ1v) is 8.23. The molecule has 2 atom stereocenters. The summed E-state index contributed by atoms with van der Waals surface area (Å²) in [7, 11) is 1.77. The van der Waals surface area contributed by atoms with Gasteiger partial charge in [0, 0.05) is 32.3 Å². The predicted molar refractivity (Wildman–Crippen MR) is 88.4 cm³/mol. The zero-order valence-electron chi connectivity index (χ0n) is 13.7. The van der Waals surface area contributed by atoms with E-state index in [1.54, 1.807) is 7.11 Å². The number of nitrogens with two attached hydrogens (primary N) is 1. The lowest BCUT2D eigenvalue weighted by atomic mass is 10.0. The van der Waals surface area contributed by atoms with Crippen LogP contribution < -0.4 is 5.73 Å². The summed E-state index contributed by atoms with van der Waals surface area (Å²) in [6.07, 6.45) is 3.81. The molecular weight excluding hydrogens is 260 g/mol. The zero-order chi connectivity index (χ0) is 15.2. The van der Waals surface area contributed by atoms with E-state index in [4.69, 9.17) is 10.5 Å². The van der Waals surface area contributed by atoms with Gasteiger partial charge >= 0.3 is 0 Å². The maximum Gasteiger partial charge on any atom is 0.0589 e. The van der Waals surface area contributed by atoms with Crippen molar-refractivity contribution in [3.05, 3.63) is 35.4 Å². The SMILES string of the molecule is CCc1ccc(C(N)CN(CCOC)C(C)C2CC2)cc1. The van der Waals surface area contributed by atoms with Gasteiger partial charge in [0.25, 0.3) is 0 Å². The number of benzene rings is 1. The van der Waals surface area contributed by atoms with Crippen LogP contribution in [-0.2, 0) is 11.2 Å². The summed E-state index contributed by atoms with van der Waals surface area (Å²) in [5.41, 5.74) is 9.04. The van der Waals surface area contributed by atoms with Crippen molar-refractivity contribution in [2.75, 3.05) is 26.8 Å². The van der Waals surface area contributed by atoms with Crippen molar-refractivity contribution in [1.29, 1.82) is 0 Å². The largest absolute Gasteiger partial charge is 0.383 e. The van der Waals surface area contributed by atoms with Crippen LogP contribution in [0, 0.1) is 5.92 Å². The Kier molecular flexibility index (Phi) is 6.22. The minimum absolute atomic E-state index is 0.0777. The lowest BCUT2D eigenvalue weighted by Gasteiger charge is -2.31. The molecule has 2 unspecified atom stereocenters. The second-order valence-electron chi connectivity index (χ2n) is 6.27. The highest BCUT2D eigenvalue weighted by molar-refractivity contribution is 5.25. The van der Waals surface area contributed by atoms with E-state index in [0.29, 0.717) is 6.04 Å². The second kappa shape index (κ2) is 7.92. The van der Waals surface area contributed by atoms with E-state index in [0.717, 1.165) is 32.0 Å². The van der Waals surface area contributed by atoms with Crippen molar-refractivity contribution in [1.82, 2.24) is 4.90 Å². The molecule has 118 valence electrons. The summed E-state index contributed by atoms with van der Waals surface area (Å²) in [6.45, 7) is 7.17. The molecule has 1 aliphatic rings. The summed E-state index contributed by atoms with van der Waals surface area (Å²) in [4.78, 5) is 2.50. The monoisotopic (exact) mass is 290 g/mol. The molecule has 0 bridgehead atoms. The fourth-order valence-electron chi connectivity index (χ4n) is 2.91. The third-order valence-electron chi connectivity index (χ3n) is 4.71. The lowest BCUT2D eigenvalue weighted by molar-refractivity contribution is 0.112. The molecule has 0 spiro atoms. The highest BCUT2D eigenvalue weighted by Crippen LogP contribution is 2.35. The van der Waals surface area contributed by atoms with Crippen molar-refractivity contribution in [3.8, 4) is 0 Å². The Morgan fingerprint density at radius 3 is 2.48 bits per heavy atom. The van der Waals surface area contributed by atoms with E-state index in [1.807, 2.05) is 0 Å². The average Bonchev–Trinajstić information content (AvgIpc) is 3.35. The number of methoxy groups -OCH3 is 1. The molecule has 2 rings (SSSR count). The summed E-state index contributed by atoms with van der Waals surface area (Å²) in [5, 5.41) is 0. The molecule has 3 heteroatoms. The van der Waals surface area contributed by atoms with E-state index in [2.05, 4.69) is 43.0 Å². The fourth-order valence-corrected chi connectivity index (χ4v) is 2.91. The molecule has 2 N–H and O–H groups in total. The third kappa shape index (κ3) is 4.80. The van der Waals surface area contributed by atoms with Crippen LogP contribution in [-0.4, -0.2) is 37.7 Å². The summed E-state index contributed by atoms with van der Waals surface area (Å²) in [5.74, 6) is 0.858. The van der Waals surface area contributed by atoms with Gasteiger partial charge in [0.1, 0.15) is 0 Å². The molecule has 1 saturated carbocycles. The van der Waals surface area contributed by atoms with Gasteiger partial charge in [-0.25, -0.2) is 0 Å². The molecule has 0 aliphatic heterocycles. The van der Waals surface area contributed by atoms with Crippen LogP contribution in [0.15, 0.2) is 24.3 Å². The van der Waals surface area contributed by atoms with E-state index >= 15 is 0 Å². The minimum Gasteiger partial charge on any atom is -0.383 e. The summed E-state index contributed by atoms with van der Waals surface area (Å²) >= 11 is 0. The molecule has 0 saturated heterocycles. The quantitative estimate of drug-likeness (QED) is 0.760. The highest BCUT2D eigenvalue weighted by atomic mass is 16.5. The normalized spacial score (nSPS) is 18.0. The average molecular weight is 290 g/mol. The van der Waals surface area contributed by atoms with Gasteiger partial charge in [-0.05, 0) is 43.2 Å². The number of aryl methyl sites for hydroxylation is 1. The van der Waals surface area contributed by atoms with E-state index in [9.17, 15) is 0 Å². The predicted octanol–water partition coefficient (Wildman–Crippen LogP) is 3.00. The van der Waals surface area contributed by atoms with Crippen LogP contribution in [0.5, 0.6) is 0 Å². The molecule has 1 aromatic carbocycles. The molecule has 21 heavy (non-hydrogen) atoms. The first-order chi connectivity index (χ1) is 10.2. The van der Waals surface area contributed by atoms with Gasteiger partial charge in [0.15, 0.2) is 0 Å². The van der Waals surface area contributed by atoms with Crippen molar-refractivity contribution < 1.29 is 4.74 Å². The third-order valence-corrected chi connectivity index (χ3v) is 4.71. The number of ether oxygens (including phenoxy) is 1. The standard InChI is InChI=1S/C18H30N2O/c1-4-15-5-7-17(8-6-15)18(19)13-20(11-12-21-3)14(2)16-9-10-16/h5-8,14,16,18H,4,9-13,19H2,1-3H3. The van der Waals surface area contributed by atoms with Crippen LogP contribution in [0.1, 0.15) is 43.9 Å². The smallest absolute Gasteiger partial charge is 0.0589 e. The summed E-state index contributed by atoms with van der Waals surface area (Å²) in [6, 6.07) is 9.44. The maximum absolute atomic E-state index is 6.44. The Morgan fingerprint density at radius 2 is 1.95 bits per heavy atom. The highest BCUT2D eigenvalue weighted by Gasteiger charge is 2.32. The van der Waals surface area contributed by atoms with Crippen molar-refractivity contribution in [3.63, 3.8) is 0 Å². The molecule has 0 radical (unpaired) electrons. The van der Waals surface area contributed by atoms with Crippen molar-refractivity contribution >= 4 is 0 Å². The molecule has 0 heterocycles. The summed E-state index contributed by atoms with van der Waals surface area (Å²) < 4.78 is 5.26. The van der Waals surface area contributed by atoms with Gasteiger partial charge < -0.3 is 10.5 Å². The van der Waals surface area contributed by atoms with Gasteiger partial charge in [-0.15, -0.1) is 0 Å². The van der Waals surface area contributed by atoms with Crippen LogP contribution >= 0.6 is 0 Å². The maximum atomic E-state index is 6.44. The van der Waals surface area contributed by atoms with Crippen LogP contribution in [0.4, 0.5) is 0 Å². The van der Waals surface area contributed by atoms with Crippen molar-refractivity contribution in [2.45, 2.75) is 45.2 Å².